The maximum absolute atomic E-state index is 2.37. The van der Waals surface area contributed by atoms with Gasteiger partial charge in [-0.2, -0.15) is 0 Å². The van der Waals surface area contributed by atoms with Crippen LogP contribution in [-0.2, 0) is 0 Å². The lowest BCUT2D eigenvalue weighted by Crippen LogP contribution is -2.16. The minimum Gasteiger partial charge on any atom is -0.0657 e. The molecule has 0 aromatic heterocycles. The van der Waals surface area contributed by atoms with Crippen LogP contribution in [0.15, 0.2) is 0 Å². The summed E-state index contributed by atoms with van der Waals surface area (Å²) in [5.41, 5.74) is 0. The van der Waals surface area contributed by atoms with Crippen LogP contribution in [0.25, 0.3) is 0 Å². The molecule has 0 spiro atoms. The molecule has 0 atom stereocenters. The van der Waals surface area contributed by atoms with Crippen LogP contribution in [0.1, 0.15) is 41.0 Å². The summed E-state index contributed by atoms with van der Waals surface area (Å²) in [6.45, 7) is 11.8. The highest BCUT2D eigenvalue weighted by molar-refractivity contribution is 6.58. The fourth-order valence-electron chi connectivity index (χ4n) is 2.07. The van der Waals surface area contributed by atoms with Crippen LogP contribution in [0.5, 0.6) is 0 Å². The van der Waals surface area contributed by atoms with Crippen molar-refractivity contribution in [1.29, 1.82) is 0 Å². The van der Waals surface area contributed by atoms with Crippen molar-refractivity contribution in [2.45, 2.75) is 59.2 Å². The predicted octanol–water partition coefficient (Wildman–Crippen LogP) is 3.94. The van der Waals surface area contributed by atoms with E-state index >= 15 is 0 Å². The third-order valence-corrected chi connectivity index (χ3v) is 6.92. The molecule has 0 nitrogen and oxygen atoms in total. The second-order valence-electron chi connectivity index (χ2n) is 4.91. The first kappa shape index (κ1) is 12.2. The van der Waals surface area contributed by atoms with Crippen molar-refractivity contribution in [2.75, 3.05) is 0 Å². The smallest absolute Gasteiger partial charge is 0.0372 e. The average molecular weight is 186 g/mol. The summed E-state index contributed by atoms with van der Waals surface area (Å²) < 4.78 is 0. The molecule has 0 fully saturated rings. The third-order valence-electron chi connectivity index (χ3n) is 2.31. The lowest BCUT2D eigenvalue weighted by Gasteiger charge is -2.18. The van der Waals surface area contributed by atoms with Crippen molar-refractivity contribution in [3.63, 3.8) is 0 Å². The van der Waals surface area contributed by atoms with Crippen LogP contribution >= 0.6 is 0 Å². The van der Waals surface area contributed by atoms with Crippen LogP contribution in [0.3, 0.4) is 0 Å². The highest BCUT2D eigenvalue weighted by atomic mass is 28.3. The monoisotopic (exact) mass is 186 g/mol. The van der Waals surface area contributed by atoms with Gasteiger partial charge in [0.15, 0.2) is 0 Å². The fraction of sp³-hybridized carbons (Fsp3) is 1.00. The normalized spacial score (nSPS) is 12.0. The Balaban J connectivity index is 3.69. The van der Waals surface area contributed by atoms with Gasteiger partial charge in [0.05, 0.1) is 0 Å². The predicted molar refractivity (Wildman–Crippen MR) is 61.5 cm³/mol. The summed E-state index contributed by atoms with van der Waals surface area (Å²) in [5.74, 6) is 1.87. The van der Waals surface area contributed by atoms with Crippen LogP contribution in [-0.4, -0.2) is 8.80 Å². The molecule has 0 aromatic rings. The minimum atomic E-state index is -0.350. The van der Waals surface area contributed by atoms with Crippen molar-refractivity contribution in [3.05, 3.63) is 0 Å². The summed E-state index contributed by atoms with van der Waals surface area (Å²) in [4.78, 5) is 0. The van der Waals surface area contributed by atoms with Gasteiger partial charge in [0.2, 0.25) is 0 Å². The molecular weight excluding hydrogens is 160 g/mol. The molecule has 0 N–H and O–H groups in total. The van der Waals surface area contributed by atoms with Gasteiger partial charge in [-0.1, -0.05) is 59.2 Å². The summed E-state index contributed by atoms with van der Waals surface area (Å²) in [6, 6.07) is 4.69. The molecule has 12 heavy (non-hydrogen) atoms. The molecule has 0 rings (SSSR count). The minimum absolute atomic E-state index is 0.350. The van der Waals surface area contributed by atoms with Crippen LogP contribution in [0, 0.1) is 11.8 Å². The number of rotatable bonds is 6. The maximum atomic E-state index is 2.37. The summed E-state index contributed by atoms with van der Waals surface area (Å²) in [7, 11) is -0.350. The van der Waals surface area contributed by atoms with Gasteiger partial charge in [-0.25, -0.2) is 0 Å². The largest absolute Gasteiger partial charge is 0.0657 e. The highest BCUT2D eigenvalue weighted by Gasteiger charge is 2.12. The molecule has 0 aliphatic carbocycles. The third kappa shape index (κ3) is 6.90. The molecule has 0 heterocycles. The van der Waals surface area contributed by atoms with Gasteiger partial charge in [0.25, 0.3) is 0 Å². The average Bonchev–Trinajstić information content (AvgIpc) is 1.84. The molecule has 0 unspecified atom stereocenters. The molecule has 74 valence electrons. The lowest BCUT2D eigenvalue weighted by atomic mass is 10.3. The molecule has 0 bridgehead atoms. The molecule has 0 radical (unpaired) electrons. The summed E-state index contributed by atoms with van der Waals surface area (Å²) in [5, 5.41) is 0. The lowest BCUT2D eigenvalue weighted by molar-refractivity contribution is 0.685. The summed E-state index contributed by atoms with van der Waals surface area (Å²) >= 11 is 0. The van der Waals surface area contributed by atoms with Crippen LogP contribution in [0.2, 0.25) is 18.1 Å². The molecule has 0 aromatic carbocycles. The maximum Gasteiger partial charge on any atom is 0.0372 e. The van der Waals surface area contributed by atoms with E-state index in [4.69, 9.17) is 0 Å². The first-order chi connectivity index (χ1) is 5.56. The van der Waals surface area contributed by atoms with E-state index in [2.05, 4.69) is 34.6 Å². The zero-order chi connectivity index (χ0) is 9.56. The van der Waals surface area contributed by atoms with Gasteiger partial charge in [0.1, 0.15) is 0 Å². The molecule has 0 saturated carbocycles. The van der Waals surface area contributed by atoms with Gasteiger partial charge in [0, 0.05) is 8.80 Å². The second kappa shape index (κ2) is 6.70. The highest BCUT2D eigenvalue weighted by Crippen LogP contribution is 2.18. The van der Waals surface area contributed by atoms with Crippen molar-refractivity contribution in [2.24, 2.45) is 11.8 Å². The Bertz CT molecular complexity index is 87.2. The van der Waals surface area contributed by atoms with Gasteiger partial charge < -0.3 is 0 Å². The van der Waals surface area contributed by atoms with Crippen LogP contribution < -0.4 is 0 Å². The Kier molecular flexibility index (Phi) is 6.82. The Morgan fingerprint density at radius 3 is 1.58 bits per heavy atom. The van der Waals surface area contributed by atoms with E-state index in [0.29, 0.717) is 0 Å². The van der Waals surface area contributed by atoms with Crippen molar-refractivity contribution in [3.8, 4) is 0 Å². The molecule has 0 aliphatic heterocycles. The van der Waals surface area contributed by atoms with E-state index in [1.54, 1.807) is 18.1 Å². The molecule has 0 aliphatic rings. The van der Waals surface area contributed by atoms with Crippen molar-refractivity contribution in [1.82, 2.24) is 0 Å². The van der Waals surface area contributed by atoms with E-state index in [9.17, 15) is 0 Å². The molecular formula is C11H26Si. The van der Waals surface area contributed by atoms with E-state index < -0.39 is 0 Å². The van der Waals surface area contributed by atoms with Crippen LogP contribution in [0.4, 0.5) is 0 Å². The number of hydrogen-bond acceptors (Lipinski definition) is 0. The van der Waals surface area contributed by atoms with E-state index in [1.807, 2.05) is 0 Å². The second-order valence-corrected chi connectivity index (χ2v) is 8.17. The van der Waals surface area contributed by atoms with E-state index in [-0.39, 0.29) is 8.80 Å². The zero-order valence-corrected chi connectivity index (χ0v) is 10.7. The SMILES string of the molecule is CCC[SiH](CC(C)C)CC(C)C. The Hall–Kier alpha value is 0.217. The van der Waals surface area contributed by atoms with Gasteiger partial charge in [-0.05, 0) is 11.8 Å². The van der Waals surface area contributed by atoms with E-state index in [1.165, 1.54) is 6.42 Å². The van der Waals surface area contributed by atoms with Crippen molar-refractivity contribution >= 4 is 8.80 Å². The quantitative estimate of drug-likeness (QED) is 0.551. The van der Waals surface area contributed by atoms with Gasteiger partial charge in [-0.3, -0.25) is 0 Å². The Morgan fingerprint density at radius 2 is 1.33 bits per heavy atom. The van der Waals surface area contributed by atoms with Gasteiger partial charge in [-0.15, -0.1) is 0 Å². The molecule has 1 heteroatoms. The number of hydrogen-bond donors (Lipinski definition) is 0. The van der Waals surface area contributed by atoms with Gasteiger partial charge >= 0.3 is 0 Å². The zero-order valence-electron chi connectivity index (χ0n) is 9.56. The Labute approximate surface area is 80.4 Å². The molecule has 0 amide bonds. The standard InChI is InChI=1S/C11H26Si/c1-6-7-12(8-10(2)3)9-11(4)5/h10-12H,6-9H2,1-5H3. The first-order valence-corrected chi connectivity index (χ1v) is 8.01. The molecule has 0 saturated heterocycles. The van der Waals surface area contributed by atoms with Crippen molar-refractivity contribution < 1.29 is 0 Å². The first-order valence-electron chi connectivity index (χ1n) is 5.56. The topological polar surface area (TPSA) is 0 Å². The Morgan fingerprint density at radius 1 is 0.917 bits per heavy atom. The fourth-order valence-corrected chi connectivity index (χ4v) is 6.22. The summed E-state index contributed by atoms with van der Waals surface area (Å²) in [6.07, 6.45) is 1.41. The van der Waals surface area contributed by atoms with E-state index in [0.717, 1.165) is 11.8 Å².